The zero-order valence-electron chi connectivity index (χ0n) is 8.94. The van der Waals surface area contributed by atoms with E-state index in [2.05, 4.69) is 5.32 Å². The van der Waals surface area contributed by atoms with Gasteiger partial charge in [0, 0.05) is 13.0 Å². The van der Waals surface area contributed by atoms with Gasteiger partial charge >= 0.3 is 0 Å². The summed E-state index contributed by atoms with van der Waals surface area (Å²) in [5, 5.41) is 11.0. The fourth-order valence-corrected chi connectivity index (χ4v) is 1.53. The Morgan fingerprint density at radius 1 is 1.62 bits per heavy atom. The number of nitrogens with zero attached hydrogens (tertiary/aromatic N) is 1. The number of hydrogen-bond acceptors (Lipinski definition) is 4. The Labute approximate surface area is 93.7 Å². The smallest absolute Gasteiger partial charge is 0.240 e. The highest BCUT2D eigenvalue weighted by Gasteiger charge is 2.26. The molecule has 0 bridgehead atoms. The van der Waals surface area contributed by atoms with Crippen LogP contribution in [0.3, 0.4) is 0 Å². The second-order valence-corrected chi connectivity index (χ2v) is 3.72. The number of carbonyl (C=O) groups is 2. The first-order valence-corrected chi connectivity index (χ1v) is 5.19. The third-order valence-electron chi connectivity index (χ3n) is 2.51. The SMILES string of the molecule is N#CCC[C@H](NC(=O)[C@@H]1CCOC1)C(N)=O. The molecule has 3 N–H and O–H groups in total. The molecule has 6 heteroatoms. The molecule has 2 amide bonds. The average Bonchev–Trinajstić information content (AvgIpc) is 2.76. The van der Waals surface area contributed by atoms with E-state index in [1.165, 1.54) is 0 Å². The van der Waals surface area contributed by atoms with Gasteiger partial charge in [-0.25, -0.2) is 0 Å². The van der Waals surface area contributed by atoms with Gasteiger partial charge in [0.2, 0.25) is 11.8 Å². The molecule has 1 heterocycles. The van der Waals surface area contributed by atoms with Crippen molar-refractivity contribution in [3.63, 3.8) is 0 Å². The van der Waals surface area contributed by atoms with Crippen molar-refractivity contribution in [2.45, 2.75) is 25.3 Å². The molecule has 1 aliphatic rings. The van der Waals surface area contributed by atoms with Crippen LogP contribution in [0, 0.1) is 17.2 Å². The van der Waals surface area contributed by atoms with Crippen LogP contribution in [0.5, 0.6) is 0 Å². The molecule has 6 nitrogen and oxygen atoms in total. The van der Waals surface area contributed by atoms with Crippen LogP contribution in [0.25, 0.3) is 0 Å². The summed E-state index contributed by atoms with van der Waals surface area (Å²) in [5.74, 6) is -1.04. The van der Waals surface area contributed by atoms with Gasteiger partial charge < -0.3 is 15.8 Å². The topological polar surface area (TPSA) is 105 Å². The first kappa shape index (κ1) is 12.5. The molecule has 2 atom stereocenters. The Morgan fingerprint density at radius 2 is 2.38 bits per heavy atom. The van der Waals surface area contributed by atoms with Crippen molar-refractivity contribution in [2.75, 3.05) is 13.2 Å². The summed E-state index contributed by atoms with van der Waals surface area (Å²) in [6, 6.07) is 1.16. The summed E-state index contributed by atoms with van der Waals surface area (Å²) >= 11 is 0. The fourth-order valence-electron chi connectivity index (χ4n) is 1.53. The van der Waals surface area contributed by atoms with E-state index in [-0.39, 0.29) is 24.7 Å². The van der Waals surface area contributed by atoms with Gasteiger partial charge in [0.05, 0.1) is 18.6 Å². The predicted molar refractivity (Wildman–Crippen MR) is 54.9 cm³/mol. The van der Waals surface area contributed by atoms with Crippen LogP contribution >= 0.6 is 0 Å². The van der Waals surface area contributed by atoms with Crippen molar-refractivity contribution in [1.29, 1.82) is 5.26 Å². The number of rotatable bonds is 5. The summed E-state index contributed by atoms with van der Waals surface area (Å²) < 4.78 is 5.07. The zero-order chi connectivity index (χ0) is 12.0. The summed E-state index contributed by atoms with van der Waals surface area (Å²) in [6.45, 7) is 0.951. The third-order valence-corrected chi connectivity index (χ3v) is 2.51. The van der Waals surface area contributed by atoms with Gasteiger partial charge in [0.25, 0.3) is 0 Å². The van der Waals surface area contributed by atoms with E-state index in [0.717, 1.165) is 0 Å². The van der Waals surface area contributed by atoms with Gasteiger partial charge in [-0.2, -0.15) is 5.26 Å². The third kappa shape index (κ3) is 3.51. The van der Waals surface area contributed by atoms with E-state index in [1.54, 1.807) is 0 Å². The first-order chi connectivity index (χ1) is 7.65. The highest BCUT2D eigenvalue weighted by Crippen LogP contribution is 2.12. The van der Waals surface area contributed by atoms with Crippen LogP contribution in [0.15, 0.2) is 0 Å². The average molecular weight is 225 g/mol. The summed E-state index contributed by atoms with van der Waals surface area (Å²) in [4.78, 5) is 22.7. The van der Waals surface area contributed by atoms with Crippen LogP contribution in [0.1, 0.15) is 19.3 Å². The van der Waals surface area contributed by atoms with Crippen molar-refractivity contribution in [2.24, 2.45) is 11.7 Å². The van der Waals surface area contributed by atoms with Crippen LogP contribution in [-0.4, -0.2) is 31.1 Å². The molecule has 1 fully saturated rings. The van der Waals surface area contributed by atoms with Crippen LogP contribution in [0.2, 0.25) is 0 Å². The van der Waals surface area contributed by atoms with Crippen LogP contribution in [0.4, 0.5) is 0 Å². The zero-order valence-corrected chi connectivity index (χ0v) is 8.94. The maximum Gasteiger partial charge on any atom is 0.240 e. The number of nitrogens with two attached hydrogens (primary N) is 1. The minimum Gasteiger partial charge on any atom is -0.381 e. The number of carbonyl (C=O) groups excluding carboxylic acids is 2. The lowest BCUT2D eigenvalue weighted by Crippen LogP contribution is -2.46. The molecule has 88 valence electrons. The Morgan fingerprint density at radius 3 is 2.88 bits per heavy atom. The molecule has 0 radical (unpaired) electrons. The Balaban J connectivity index is 2.44. The van der Waals surface area contributed by atoms with Gasteiger partial charge in [-0.3, -0.25) is 9.59 Å². The van der Waals surface area contributed by atoms with E-state index >= 15 is 0 Å². The molecule has 0 aliphatic carbocycles. The molecule has 0 aromatic carbocycles. The second kappa shape index (κ2) is 6.08. The largest absolute Gasteiger partial charge is 0.381 e. The molecule has 1 saturated heterocycles. The van der Waals surface area contributed by atoms with Gasteiger partial charge in [-0.1, -0.05) is 0 Å². The molecule has 0 saturated carbocycles. The van der Waals surface area contributed by atoms with Gasteiger partial charge in [-0.15, -0.1) is 0 Å². The lowest BCUT2D eigenvalue weighted by Gasteiger charge is -2.16. The van der Waals surface area contributed by atoms with Crippen LogP contribution in [-0.2, 0) is 14.3 Å². The molecule has 16 heavy (non-hydrogen) atoms. The van der Waals surface area contributed by atoms with Crippen molar-refractivity contribution in [1.82, 2.24) is 5.32 Å². The number of amides is 2. The lowest BCUT2D eigenvalue weighted by molar-refractivity contribution is -0.130. The van der Waals surface area contributed by atoms with E-state index in [0.29, 0.717) is 19.6 Å². The monoisotopic (exact) mass is 225 g/mol. The maximum atomic E-state index is 11.6. The molecule has 1 rings (SSSR count). The fraction of sp³-hybridized carbons (Fsp3) is 0.700. The molecule has 0 aromatic rings. The highest BCUT2D eigenvalue weighted by atomic mass is 16.5. The number of nitrogens with one attached hydrogen (secondary N) is 1. The lowest BCUT2D eigenvalue weighted by atomic mass is 10.1. The number of nitriles is 1. The van der Waals surface area contributed by atoms with Gasteiger partial charge in [0.1, 0.15) is 6.04 Å². The van der Waals surface area contributed by atoms with Crippen molar-refractivity contribution in [3.05, 3.63) is 0 Å². The van der Waals surface area contributed by atoms with Gasteiger partial charge in [-0.05, 0) is 12.8 Å². The molecule has 0 unspecified atom stereocenters. The number of hydrogen-bond donors (Lipinski definition) is 2. The van der Waals surface area contributed by atoms with E-state index < -0.39 is 11.9 Å². The van der Waals surface area contributed by atoms with Crippen molar-refractivity contribution >= 4 is 11.8 Å². The maximum absolute atomic E-state index is 11.6. The summed E-state index contributed by atoms with van der Waals surface area (Å²) in [7, 11) is 0. The minimum atomic E-state index is -0.757. The standard InChI is InChI=1S/C10H15N3O3/c11-4-1-2-8(9(12)14)13-10(15)7-3-5-16-6-7/h7-8H,1-3,5-6H2,(H2,12,14)(H,13,15)/t7-,8+/m1/s1. The molecular weight excluding hydrogens is 210 g/mol. The Hall–Kier alpha value is -1.61. The normalized spacial score (nSPS) is 21.1. The molecule has 0 spiro atoms. The molecular formula is C10H15N3O3. The Kier molecular flexibility index (Phi) is 4.73. The van der Waals surface area contributed by atoms with Crippen molar-refractivity contribution in [3.8, 4) is 6.07 Å². The van der Waals surface area contributed by atoms with E-state index in [4.69, 9.17) is 15.7 Å². The van der Waals surface area contributed by atoms with E-state index in [9.17, 15) is 9.59 Å². The first-order valence-electron chi connectivity index (χ1n) is 5.19. The minimum absolute atomic E-state index is 0.190. The van der Waals surface area contributed by atoms with Crippen LogP contribution < -0.4 is 11.1 Å². The quantitative estimate of drug-likeness (QED) is 0.645. The highest BCUT2D eigenvalue weighted by molar-refractivity contribution is 5.87. The Bertz CT molecular complexity index is 305. The second-order valence-electron chi connectivity index (χ2n) is 3.72. The number of primary amides is 1. The molecule has 0 aromatic heterocycles. The number of ether oxygens (including phenoxy) is 1. The summed E-state index contributed by atoms with van der Waals surface area (Å²) in [6.07, 6.45) is 1.11. The van der Waals surface area contributed by atoms with Crippen molar-refractivity contribution < 1.29 is 14.3 Å². The van der Waals surface area contributed by atoms with Gasteiger partial charge in [0.15, 0.2) is 0 Å². The predicted octanol–water partition coefficient (Wildman–Crippen LogP) is -0.703. The molecule has 1 aliphatic heterocycles. The van der Waals surface area contributed by atoms with E-state index in [1.807, 2.05) is 6.07 Å². The summed E-state index contributed by atoms with van der Waals surface area (Å²) in [5.41, 5.74) is 5.13.